The SMILES string of the molecule is O=C(/C=C/c1ccc2c(c1)OCCCO2)Nc1nnc(C2CC2)s1. The maximum Gasteiger partial charge on any atom is 0.250 e. The molecule has 6 nitrogen and oxygen atoms in total. The van der Waals surface area contributed by atoms with Crippen molar-refractivity contribution in [2.75, 3.05) is 18.5 Å². The number of nitrogens with zero attached hydrogens (tertiary/aromatic N) is 2. The topological polar surface area (TPSA) is 73.3 Å². The number of nitrogens with one attached hydrogen (secondary N) is 1. The van der Waals surface area contributed by atoms with Crippen molar-refractivity contribution in [1.82, 2.24) is 10.2 Å². The number of carbonyl (C=O) groups excluding carboxylic acids is 1. The third-order valence-corrected chi connectivity index (χ3v) is 4.80. The highest BCUT2D eigenvalue weighted by atomic mass is 32.1. The molecule has 7 heteroatoms. The van der Waals surface area contributed by atoms with E-state index in [-0.39, 0.29) is 5.91 Å². The van der Waals surface area contributed by atoms with E-state index < -0.39 is 0 Å². The average Bonchev–Trinajstić information content (AvgIpc) is 3.37. The predicted molar refractivity (Wildman–Crippen MR) is 91.6 cm³/mol. The molecule has 0 atom stereocenters. The van der Waals surface area contributed by atoms with Gasteiger partial charge in [0.2, 0.25) is 11.0 Å². The van der Waals surface area contributed by atoms with Crippen LogP contribution >= 0.6 is 11.3 Å². The van der Waals surface area contributed by atoms with E-state index in [0.29, 0.717) is 30.0 Å². The van der Waals surface area contributed by atoms with Gasteiger partial charge in [-0.2, -0.15) is 0 Å². The number of anilines is 1. The monoisotopic (exact) mass is 343 g/mol. The molecule has 1 N–H and O–H groups in total. The van der Waals surface area contributed by atoms with Crippen molar-refractivity contribution in [2.45, 2.75) is 25.2 Å². The lowest BCUT2D eigenvalue weighted by molar-refractivity contribution is -0.111. The molecule has 1 aliphatic heterocycles. The predicted octanol–water partition coefficient (Wildman–Crippen LogP) is 3.23. The van der Waals surface area contributed by atoms with Crippen molar-refractivity contribution in [2.24, 2.45) is 0 Å². The Bertz CT molecular complexity index is 783. The summed E-state index contributed by atoms with van der Waals surface area (Å²) in [6, 6.07) is 5.64. The summed E-state index contributed by atoms with van der Waals surface area (Å²) in [6.45, 7) is 1.30. The largest absolute Gasteiger partial charge is 0.490 e. The number of fused-ring (bicyclic) bond motifs is 1. The van der Waals surface area contributed by atoms with Crippen LogP contribution in [0.1, 0.15) is 35.8 Å². The third-order valence-electron chi connectivity index (χ3n) is 3.80. The second-order valence-corrected chi connectivity index (χ2v) is 6.81. The summed E-state index contributed by atoms with van der Waals surface area (Å²) < 4.78 is 11.2. The minimum atomic E-state index is -0.222. The number of aromatic nitrogens is 2. The number of carbonyl (C=O) groups is 1. The Morgan fingerprint density at radius 2 is 2.04 bits per heavy atom. The van der Waals surface area contributed by atoms with Crippen molar-refractivity contribution in [3.8, 4) is 11.5 Å². The van der Waals surface area contributed by atoms with Crippen molar-refractivity contribution < 1.29 is 14.3 Å². The standard InChI is InChI=1S/C17H17N3O3S/c21-15(18-17-20-19-16(24-17)12-4-5-12)7-3-11-2-6-13-14(10-11)23-9-1-8-22-13/h2-3,6-7,10,12H,1,4-5,8-9H2,(H,18,20,21)/b7-3+. The Labute approximate surface area is 143 Å². The molecule has 0 radical (unpaired) electrons. The Kier molecular flexibility index (Phi) is 4.17. The van der Waals surface area contributed by atoms with Gasteiger partial charge in [-0.25, -0.2) is 0 Å². The molecule has 1 saturated carbocycles. The minimum absolute atomic E-state index is 0.222. The number of rotatable bonds is 4. The zero-order valence-corrected chi connectivity index (χ0v) is 13.8. The van der Waals surface area contributed by atoms with Gasteiger partial charge < -0.3 is 9.47 Å². The van der Waals surface area contributed by atoms with Gasteiger partial charge in [0.05, 0.1) is 13.2 Å². The minimum Gasteiger partial charge on any atom is -0.490 e. The number of ether oxygens (including phenoxy) is 2. The molecule has 1 aliphatic carbocycles. The summed E-state index contributed by atoms with van der Waals surface area (Å²) >= 11 is 1.45. The van der Waals surface area contributed by atoms with Gasteiger partial charge in [0.1, 0.15) is 5.01 Å². The molecular weight excluding hydrogens is 326 g/mol. The van der Waals surface area contributed by atoms with E-state index in [1.165, 1.54) is 30.3 Å². The number of hydrogen-bond acceptors (Lipinski definition) is 6. The van der Waals surface area contributed by atoms with Crippen LogP contribution in [-0.2, 0) is 4.79 Å². The lowest BCUT2D eigenvalue weighted by Gasteiger charge is -2.07. The number of hydrogen-bond donors (Lipinski definition) is 1. The van der Waals surface area contributed by atoms with Crippen molar-refractivity contribution in [3.63, 3.8) is 0 Å². The second-order valence-electron chi connectivity index (χ2n) is 5.80. The first-order valence-corrected chi connectivity index (χ1v) is 8.82. The van der Waals surface area contributed by atoms with Gasteiger partial charge in [0.25, 0.3) is 0 Å². The van der Waals surface area contributed by atoms with E-state index >= 15 is 0 Å². The number of benzene rings is 1. The lowest BCUT2D eigenvalue weighted by Crippen LogP contribution is -2.07. The van der Waals surface area contributed by atoms with E-state index in [1.807, 2.05) is 18.2 Å². The summed E-state index contributed by atoms with van der Waals surface area (Å²) in [6.07, 6.45) is 6.44. The van der Waals surface area contributed by atoms with Crippen LogP contribution in [0.25, 0.3) is 6.08 Å². The molecule has 0 saturated heterocycles. The van der Waals surface area contributed by atoms with Gasteiger partial charge in [0, 0.05) is 18.4 Å². The van der Waals surface area contributed by atoms with Crippen LogP contribution in [-0.4, -0.2) is 29.3 Å². The molecule has 1 aromatic heterocycles. The zero-order valence-electron chi connectivity index (χ0n) is 13.0. The summed E-state index contributed by atoms with van der Waals surface area (Å²) in [4.78, 5) is 12.0. The molecule has 2 aliphatic rings. The average molecular weight is 343 g/mol. The van der Waals surface area contributed by atoms with Gasteiger partial charge in [-0.15, -0.1) is 10.2 Å². The van der Waals surface area contributed by atoms with Crippen LogP contribution in [0.2, 0.25) is 0 Å². The molecule has 0 bridgehead atoms. The summed E-state index contributed by atoms with van der Waals surface area (Å²) in [5.41, 5.74) is 0.880. The van der Waals surface area contributed by atoms with E-state index in [9.17, 15) is 4.79 Å². The maximum absolute atomic E-state index is 12.0. The van der Waals surface area contributed by atoms with E-state index in [4.69, 9.17) is 9.47 Å². The summed E-state index contributed by atoms with van der Waals surface area (Å²) in [7, 11) is 0. The molecular formula is C17H17N3O3S. The fraction of sp³-hybridized carbons (Fsp3) is 0.353. The molecule has 24 heavy (non-hydrogen) atoms. The zero-order chi connectivity index (χ0) is 16.4. The van der Waals surface area contributed by atoms with Crippen LogP contribution in [0, 0.1) is 0 Å². The molecule has 1 amide bonds. The normalized spacial score (nSPS) is 16.8. The molecule has 1 aromatic carbocycles. The Balaban J connectivity index is 1.40. The van der Waals surface area contributed by atoms with Gasteiger partial charge in [0.15, 0.2) is 11.5 Å². The molecule has 0 unspecified atom stereocenters. The lowest BCUT2D eigenvalue weighted by atomic mass is 10.2. The van der Waals surface area contributed by atoms with Crippen molar-refractivity contribution in [3.05, 3.63) is 34.8 Å². The van der Waals surface area contributed by atoms with Crippen molar-refractivity contribution in [1.29, 1.82) is 0 Å². The quantitative estimate of drug-likeness (QED) is 0.863. The Hall–Kier alpha value is -2.41. The van der Waals surface area contributed by atoms with Gasteiger partial charge >= 0.3 is 0 Å². The highest BCUT2D eigenvalue weighted by Crippen LogP contribution is 2.42. The highest BCUT2D eigenvalue weighted by molar-refractivity contribution is 7.15. The Morgan fingerprint density at radius 1 is 1.21 bits per heavy atom. The first-order valence-electron chi connectivity index (χ1n) is 8.00. The smallest absolute Gasteiger partial charge is 0.250 e. The van der Waals surface area contributed by atoms with E-state index in [0.717, 1.165) is 22.7 Å². The molecule has 4 rings (SSSR count). The van der Waals surface area contributed by atoms with Crippen LogP contribution in [0.3, 0.4) is 0 Å². The van der Waals surface area contributed by atoms with Gasteiger partial charge in [-0.05, 0) is 36.6 Å². The second kappa shape index (κ2) is 6.60. The molecule has 2 aromatic rings. The van der Waals surface area contributed by atoms with E-state index in [1.54, 1.807) is 6.08 Å². The van der Waals surface area contributed by atoms with Gasteiger partial charge in [-0.1, -0.05) is 17.4 Å². The summed E-state index contributed by atoms with van der Waals surface area (Å²) in [5.74, 6) is 1.79. The van der Waals surface area contributed by atoms with Crippen LogP contribution in [0.4, 0.5) is 5.13 Å². The molecule has 1 fully saturated rings. The van der Waals surface area contributed by atoms with Crippen LogP contribution in [0.15, 0.2) is 24.3 Å². The fourth-order valence-electron chi connectivity index (χ4n) is 2.38. The molecule has 0 spiro atoms. The maximum atomic E-state index is 12.0. The highest BCUT2D eigenvalue weighted by Gasteiger charge is 2.27. The van der Waals surface area contributed by atoms with Crippen molar-refractivity contribution >= 4 is 28.5 Å². The number of amides is 1. The van der Waals surface area contributed by atoms with Crippen LogP contribution < -0.4 is 14.8 Å². The summed E-state index contributed by atoms with van der Waals surface area (Å²) in [5, 5.41) is 12.4. The Morgan fingerprint density at radius 3 is 2.88 bits per heavy atom. The van der Waals surface area contributed by atoms with Crippen LogP contribution in [0.5, 0.6) is 11.5 Å². The molecule has 2 heterocycles. The molecule has 124 valence electrons. The fourth-order valence-corrected chi connectivity index (χ4v) is 3.30. The van der Waals surface area contributed by atoms with E-state index in [2.05, 4.69) is 15.5 Å². The van der Waals surface area contributed by atoms with Gasteiger partial charge in [-0.3, -0.25) is 10.1 Å². The first-order chi connectivity index (χ1) is 11.8. The third kappa shape index (κ3) is 3.56. The first kappa shape index (κ1) is 15.1.